The van der Waals surface area contributed by atoms with Crippen molar-refractivity contribution in [1.82, 2.24) is 0 Å². The molecule has 6 heteroatoms. The molecule has 1 aliphatic heterocycles. The number of nitrogens with two attached hydrogens (primary N) is 1. The Morgan fingerprint density at radius 2 is 2.11 bits per heavy atom. The van der Waals surface area contributed by atoms with E-state index in [0.29, 0.717) is 13.0 Å². The third-order valence-electron chi connectivity index (χ3n) is 3.11. The van der Waals surface area contributed by atoms with E-state index in [1.807, 2.05) is 12.1 Å². The van der Waals surface area contributed by atoms with Crippen molar-refractivity contribution in [1.29, 1.82) is 0 Å². The van der Waals surface area contributed by atoms with Gasteiger partial charge in [0, 0.05) is 23.4 Å². The van der Waals surface area contributed by atoms with Crippen molar-refractivity contribution in [2.45, 2.75) is 37.9 Å². The van der Waals surface area contributed by atoms with Gasteiger partial charge in [-0.3, -0.25) is 0 Å². The molecule has 1 heterocycles. The second-order valence-corrected chi connectivity index (χ2v) is 5.69. The highest BCUT2D eigenvalue weighted by Gasteiger charge is 2.28. The molecule has 1 atom stereocenters. The van der Waals surface area contributed by atoms with Crippen LogP contribution in [-0.2, 0) is 12.8 Å². The first kappa shape index (κ1) is 14.7. The van der Waals surface area contributed by atoms with E-state index in [9.17, 15) is 13.2 Å². The zero-order valence-corrected chi connectivity index (χ0v) is 11.9. The number of hydrogen-bond donors (Lipinski definition) is 1. The number of hydrogen-bond acceptors (Lipinski definition) is 2. The summed E-state index contributed by atoms with van der Waals surface area (Å²) in [5.41, 5.74) is 7.76. The van der Waals surface area contributed by atoms with E-state index in [4.69, 9.17) is 10.5 Å². The van der Waals surface area contributed by atoms with Crippen molar-refractivity contribution >= 4 is 15.9 Å². The van der Waals surface area contributed by atoms with Gasteiger partial charge in [0.15, 0.2) is 0 Å². The SMILES string of the molecule is NC(CCC(F)(F)F)Cc1cc(Br)cc2c1OCC2. The molecule has 0 spiro atoms. The number of alkyl halides is 3. The molecule has 2 nitrogen and oxygen atoms in total. The topological polar surface area (TPSA) is 35.2 Å². The van der Waals surface area contributed by atoms with Crippen molar-refractivity contribution in [2.75, 3.05) is 6.61 Å². The first-order chi connectivity index (χ1) is 8.85. The lowest BCUT2D eigenvalue weighted by molar-refractivity contribution is -0.136. The molecule has 2 N–H and O–H groups in total. The molecule has 0 saturated heterocycles. The van der Waals surface area contributed by atoms with Gasteiger partial charge in [0.05, 0.1) is 6.61 Å². The molecule has 19 heavy (non-hydrogen) atoms. The van der Waals surface area contributed by atoms with Crippen LogP contribution in [0.5, 0.6) is 5.75 Å². The van der Waals surface area contributed by atoms with Crippen LogP contribution in [0.3, 0.4) is 0 Å². The van der Waals surface area contributed by atoms with E-state index in [-0.39, 0.29) is 6.42 Å². The van der Waals surface area contributed by atoms with Gasteiger partial charge < -0.3 is 10.5 Å². The van der Waals surface area contributed by atoms with Gasteiger partial charge in [-0.15, -0.1) is 0 Å². The molecule has 0 bridgehead atoms. The van der Waals surface area contributed by atoms with Gasteiger partial charge in [-0.25, -0.2) is 0 Å². The largest absolute Gasteiger partial charge is 0.493 e. The molecular formula is C13H15BrF3NO. The van der Waals surface area contributed by atoms with Crippen LogP contribution < -0.4 is 10.5 Å². The van der Waals surface area contributed by atoms with Crippen LogP contribution >= 0.6 is 15.9 Å². The summed E-state index contributed by atoms with van der Waals surface area (Å²) in [4.78, 5) is 0. The summed E-state index contributed by atoms with van der Waals surface area (Å²) in [6.07, 6.45) is -3.82. The minimum Gasteiger partial charge on any atom is -0.493 e. The normalized spacial score (nSPS) is 16.1. The maximum absolute atomic E-state index is 12.2. The van der Waals surface area contributed by atoms with Crippen LogP contribution in [0.2, 0.25) is 0 Å². The Morgan fingerprint density at radius 1 is 1.37 bits per heavy atom. The molecule has 0 fully saturated rings. The first-order valence-corrected chi connectivity index (χ1v) is 6.91. The molecule has 1 unspecified atom stereocenters. The van der Waals surface area contributed by atoms with Gasteiger partial charge >= 0.3 is 6.18 Å². The van der Waals surface area contributed by atoms with E-state index >= 15 is 0 Å². The molecule has 0 aromatic heterocycles. The fourth-order valence-corrected chi connectivity index (χ4v) is 2.78. The Balaban J connectivity index is 2.03. The quantitative estimate of drug-likeness (QED) is 0.911. The van der Waals surface area contributed by atoms with Crippen LogP contribution in [0.1, 0.15) is 24.0 Å². The van der Waals surface area contributed by atoms with E-state index in [1.165, 1.54) is 0 Å². The van der Waals surface area contributed by atoms with Gasteiger partial charge in [-0.2, -0.15) is 13.2 Å². The van der Waals surface area contributed by atoms with Crippen LogP contribution in [0.15, 0.2) is 16.6 Å². The predicted octanol–water partition coefficient (Wildman–Crippen LogP) is 3.60. The number of benzene rings is 1. The molecule has 1 aromatic carbocycles. The third-order valence-corrected chi connectivity index (χ3v) is 3.56. The number of halogens is 4. The summed E-state index contributed by atoms with van der Waals surface area (Å²) < 4.78 is 42.9. The maximum Gasteiger partial charge on any atom is 0.389 e. The number of rotatable bonds is 4. The van der Waals surface area contributed by atoms with E-state index in [0.717, 1.165) is 27.8 Å². The van der Waals surface area contributed by atoms with Crippen molar-refractivity contribution in [2.24, 2.45) is 5.73 Å². The molecule has 0 aliphatic carbocycles. The van der Waals surface area contributed by atoms with E-state index < -0.39 is 18.6 Å². The third kappa shape index (κ3) is 4.11. The number of fused-ring (bicyclic) bond motifs is 1. The van der Waals surface area contributed by atoms with Crippen molar-refractivity contribution in [3.8, 4) is 5.75 Å². The summed E-state index contributed by atoms with van der Waals surface area (Å²) in [7, 11) is 0. The minimum absolute atomic E-state index is 0.0647. The molecule has 1 aromatic rings. The molecule has 0 amide bonds. The lowest BCUT2D eigenvalue weighted by Gasteiger charge is -2.15. The summed E-state index contributed by atoms with van der Waals surface area (Å²) in [5, 5.41) is 0. The lowest BCUT2D eigenvalue weighted by atomic mass is 9.99. The Morgan fingerprint density at radius 3 is 2.79 bits per heavy atom. The van der Waals surface area contributed by atoms with Gasteiger partial charge in [0.2, 0.25) is 0 Å². The molecular weight excluding hydrogens is 323 g/mol. The van der Waals surface area contributed by atoms with Crippen molar-refractivity contribution < 1.29 is 17.9 Å². The molecule has 2 rings (SSSR count). The van der Waals surface area contributed by atoms with Gasteiger partial charge in [-0.1, -0.05) is 15.9 Å². The zero-order chi connectivity index (χ0) is 14.0. The second kappa shape index (κ2) is 5.71. The highest BCUT2D eigenvalue weighted by atomic mass is 79.9. The fraction of sp³-hybridized carbons (Fsp3) is 0.538. The van der Waals surface area contributed by atoms with Crippen LogP contribution in [0.4, 0.5) is 13.2 Å². The zero-order valence-electron chi connectivity index (χ0n) is 10.3. The monoisotopic (exact) mass is 337 g/mol. The summed E-state index contributed by atoms with van der Waals surface area (Å²) in [6, 6.07) is 3.34. The molecule has 0 saturated carbocycles. The summed E-state index contributed by atoms with van der Waals surface area (Å²) >= 11 is 3.40. The first-order valence-electron chi connectivity index (χ1n) is 6.11. The summed E-state index contributed by atoms with van der Waals surface area (Å²) in [5.74, 6) is 0.797. The van der Waals surface area contributed by atoms with Gasteiger partial charge in [0.25, 0.3) is 0 Å². The Hall–Kier alpha value is -0.750. The molecule has 106 valence electrons. The van der Waals surface area contributed by atoms with E-state index in [1.54, 1.807) is 0 Å². The average Bonchev–Trinajstić information content (AvgIpc) is 2.73. The number of ether oxygens (including phenoxy) is 1. The van der Waals surface area contributed by atoms with Crippen molar-refractivity contribution in [3.63, 3.8) is 0 Å². The smallest absolute Gasteiger partial charge is 0.389 e. The molecule has 0 radical (unpaired) electrons. The second-order valence-electron chi connectivity index (χ2n) is 4.77. The van der Waals surface area contributed by atoms with Gasteiger partial charge in [0.1, 0.15) is 5.75 Å². The Labute approximate surface area is 118 Å². The Kier molecular flexibility index (Phi) is 4.40. The highest BCUT2D eigenvalue weighted by molar-refractivity contribution is 9.10. The minimum atomic E-state index is -4.15. The fourth-order valence-electron chi connectivity index (χ4n) is 2.23. The molecule has 1 aliphatic rings. The lowest BCUT2D eigenvalue weighted by Crippen LogP contribution is -2.25. The summed E-state index contributed by atoms with van der Waals surface area (Å²) in [6.45, 7) is 0.622. The van der Waals surface area contributed by atoms with Gasteiger partial charge in [-0.05, 0) is 36.1 Å². The highest BCUT2D eigenvalue weighted by Crippen LogP contribution is 2.34. The van der Waals surface area contributed by atoms with Crippen LogP contribution in [-0.4, -0.2) is 18.8 Å². The van der Waals surface area contributed by atoms with Crippen molar-refractivity contribution in [3.05, 3.63) is 27.7 Å². The van der Waals surface area contributed by atoms with Crippen LogP contribution in [0.25, 0.3) is 0 Å². The Bertz CT molecular complexity index is 462. The average molecular weight is 338 g/mol. The van der Waals surface area contributed by atoms with E-state index in [2.05, 4.69) is 15.9 Å². The predicted molar refractivity (Wildman–Crippen MR) is 70.3 cm³/mol. The standard InChI is InChI=1S/C13H15BrF3NO/c14-10-5-8-2-4-19-12(8)9(6-10)7-11(18)1-3-13(15,16)17/h5-6,11H,1-4,7,18H2. The maximum atomic E-state index is 12.2. The van der Waals surface area contributed by atoms with Crippen LogP contribution in [0, 0.1) is 0 Å².